The first kappa shape index (κ1) is 30.6. The number of hydrogen-bond donors (Lipinski definition) is 2. The second-order valence-corrected chi connectivity index (χ2v) is 12.5. The van der Waals surface area contributed by atoms with Crippen LogP contribution in [0.15, 0.2) is 77.7 Å². The zero-order valence-electron chi connectivity index (χ0n) is 25.4. The molecular formula is C35H33Cl2N5O3. The number of halogens is 2. The van der Waals surface area contributed by atoms with Crippen LogP contribution in [-0.4, -0.2) is 32.9 Å². The Morgan fingerprint density at radius 3 is 2.40 bits per heavy atom. The third kappa shape index (κ3) is 5.76. The van der Waals surface area contributed by atoms with Crippen molar-refractivity contribution < 1.29 is 9.59 Å². The molecule has 0 saturated carbocycles. The summed E-state index contributed by atoms with van der Waals surface area (Å²) < 4.78 is 3.64. The molecule has 2 heterocycles. The highest BCUT2D eigenvalue weighted by Gasteiger charge is 2.35. The number of carbonyl (C=O) groups excluding carboxylic acids is 2. The van der Waals surface area contributed by atoms with Crippen LogP contribution in [0, 0.1) is 11.8 Å². The van der Waals surface area contributed by atoms with Crippen molar-refractivity contribution in [3.63, 3.8) is 0 Å². The lowest BCUT2D eigenvalue weighted by Crippen LogP contribution is -2.37. The van der Waals surface area contributed by atoms with Gasteiger partial charge in [-0.3, -0.25) is 14.4 Å². The minimum Gasteiger partial charge on any atom is -0.355 e. The molecule has 1 aliphatic carbocycles. The molecule has 0 bridgehead atoms. The maximum atomic E-state index is 14.3. The van der Waals surface area contributed by atoms with Crippen LogP contribution in [-0.2, 0) is 19.9 Å². The van der Waals surface area contributed by atoms with Crippen molar-refractivity contribution in [3.8, 4) is 5.69 Å². The highest BCUT2D eigenvalue weighted by molar-refractivity contribution is 6.42. The highest BCUT2D eigenvalue weighted by atomic mass is 35.5. The zero-order valence-corrected chi connectivity index (χ0v) is 26.9. The molecule has 2 unspecified atom stereocenters. The van der Waals surface area contributed by atoms with E-state index in [1.807, 2.05) is 27.1 Å². The van der Waals surface area contributed by atoms with Gasteiger partial charge in [-0.15, -0.1) is 0 Å². The zero-order chi connectivity index (χ0) is 32.0. The molecule has 5 aromatic rings. The first-order chi connectivity index (χ1) is 21.5. The molecule has 3 aromatic carbocycles. The molecule has 0 aliphatic heterocycles. The Bertz CT molecular complexity index is 2010. The molecule has 2 aromatic heterocycles. The normalized spacial score (nSPS) is 16.7. The van der Waals surface area contributed by atoms with E-state index in [-0.39, 0.29) is 35.1 Å². The number of hydrogen-bond acceptors (Lipinski definition) is 5. The molecule has 0 saturated heterocycles. The van der Waals surface area contributed by atoms with Gasteiger partial charge < -0.3 is 15.2 Å². The third-order valence-corrected chi connectivity index (χ3v) is 9.54. The van der Waals surface area contributed by atoms with Gasteiger partial charge in [-0.25, -0.2) is 9.55 Å². The predicted molar refractivity (Wildman–Crippen MR) is 179 cm³/mol. The lowest BCUT2D eigenvalue weighted by molar-refractivity contribution is 0.0868. The summed E-state index contributed by atoms with van der Waals surface area (Å²) in [4.78, 5) is 45.2. The summed E-state index contributed by atoms with van der Waals surface area (Å²) >= 11 is 12.3. The lowest BCUT2D eigenvalue weighted by atomic mass is 9.75. The van der Waals surface area contributed by atoms with Crippen LogP contribution in [0.4, 0.5) is 5.95 Å². The van der Waals surface area contributed by atoms with E-state index in [0.29, 0.717) is 56.9 Å². The number of benzene rings is 3. The summed E-state index contributed by atoms with van der Waals surface area (Å²) in [5, 5.41) is 7.96. The van der Waals surface area contributed by atoms with Crippen LogP contribution < -0.4 is 16.2 Å². The van der Waals surface area contributed by atoms with Gasteiger partial charge in [0.15, 0.2) is 5.78 Å². The van der Waals surface area contributed by atoms with Crippen LogP contribution in [0.3, 0.4) is 0 Å². The van der Waals surface area contributed by atoms with Gasteiger partial charge in [0, 0.05) is 54.8 Å². The molecule has 0 radical (unpaired) electrons. The topological polar surface area (TPSA) is 98.0 Å². The van der Waals surface area contributed by atoms with Gasteiger partial charge in [0.2, 0.25) is 5.95 Å². The fourth-order valence-corrected chi connectivity index (χ4v) is 6.43. The van der Waals surface area contributed by atoms with Crippen molar-refractivity contribution in [2.75, 3.05) is 12.4 Å². The molecule has 1 aliphatic rings. The Balaban J connectivity index is 1.42. The van der Waals surface area contributed by atoms with Crippen molar-refractivity contribution in [3.05, 3.63) is 121 Å². The summed E-state index contributed by atoms with van der Waals surface area (Å²) in [6, 6.07) is 19.9. The van der Waals surface area contributed by atoms with Crippen molar-refractivity contribution in [1.82, 2.24) is 19.4 Å². The van der Waals surface area contributed by atoms with Crippen LogP contribution >= 0.6 is 23.2 Å². The maximum absolute atomic E-state index is 14.3. The third-order valence-electron chi connectivity index (χ3n) is 8.80. The monoisotopic (exact) mass is 641 g/mol. The van der Waals surface area contributed by atoms with Gasteiger partial charge in [-0.05, 0) is 84.8 Å². The molecule has 45 heavy (non-hydrogen) atoms. The van der Waals surface area contributed by atoms with E-state index in [1.54, 1.807) is 54.1 Å². The number of nitrogens with one attached hydrogen (secondary N) is 2. The van der Waals surface area contributed by atoms with E-state index in [0.717, 1.165) is 16.5 Å². The largest absolute Gasteiger partial charge is 0.355 e. The second kappa shape index (κ2) is 12.2. The molecule has 3 atom stereocenters. The average molecular weight is 643 g/mol. The van der Waals surface area contributed by atoms with Crippen molar-refractivity contribution in [2.24, 2.45) is 18.9 Å². The van der Waals surface area contributed by atoms with Gasteiger partial charge >= 0.3 is 0 Å². The number of nitrogens with zero attached hydrogens (tertiary/aromatic N) is 3. The lowest BCUT2D eigenvalue weighted by Gasteiger charge is -2.30. The van der Waals surface area contributed by atoms with Gasteiger partial charge in [-0.2, -0.15) is 0 Å². The number of ketones is 1. The van der Waals surface area contributed by atoms with Crippen LogP contribution in [0.2, 0.25) is 10.0 Å². The molecule has 2 N–H and O–H groups in total. The van der Waals surface area contributed by atoms with Gasteiger partial charge in [0.05, 0.1) is 27.5 Å². The molecule has 1 amide bonds. The quantitative estimate of drug-likeness (QED) is 0.191. The Morgan fingerprint density at radius 2 is 1.69 bits per heavy atom. The summed E-state index contributed by atoms with van der Waals surface area (Å²) in [6.45, 7) is 4.01. The van der Waals surface area contributed by atoms with Crippen LogP contribution in [0.1, 0.15) is 57.4 Å². The molecule has 10 heteroatoms. The summed E-state index contributed by atoms with van der Waals surface area (Å²) in [5.74, 6) is -0.392. The summed E-state index contributed by atoms with van der Waals surface area (Å²) in [6.07, 6.45) is 2.74. The Kier molecular flexibility index (Phi) is 8.29. The van der Waals surface area contributed by atoms with E-state index in [2.05, 4.69) is 39.5 Å². The van der Waals surface area contributed by atoms with Crippen molar-refractivity contribution >= 4 is 51.7 Å². The van der Waals surface area contributed by atoms with E-state index >= 15 is 0 Å². The average Bonchev–Trinajstić information content (AvgIpc) is 3.41. The SMILES string of the molecule is CNC(=O)c1ccc(-n2c(NC(C)c3ccc4ccn(C)c4c3)nc3c(c2=O)C[C@@H](C)C(C(=O)c2ccc(Cl)c(Cl)c2)C3)cc1. The number of aryl methyl sites for hydroxylation is 1. The molecule has 8 nitrogen and oxygen atoms in total. The minimum absolute atomic E-state index is 0.0544. The smallest absolute Gasteiger partial charge is 0.262 e. The fraction of sp³-hybridized carbons (Fsp3) is 0.257. The number of aromatic nitrogens is 3. The Morgan fingerprint density at radius 1 is 0.956 bits per heavy atom. The van der Waals surface area contributed by atoms with E-state index in [9.17, 15) is 14.4 Å². The standard InChI is InChI=1S/C35H33Cl2N5O3/c1-19-15-27-30(18-26(19)32(43)24-9-12-28(36)29(37)16-24)40-35(39-20(2)23-6-5-21-13-14-41(4)31(21)17-23)42(34(27)45)25-10-7-22(8-11-25)33(44)38-3/h5-14,16-17,19-20,26H,15,18H2,1-4H3,(H,38,44)(H,39,40)/t19-,20?,26?/m1/s1. The summed E-state index contributed by atoms with van der Waals surface area (Å²) in [7, 11) is 3.58. The first-order valence-electron chi connectivity index (χ1n) is 14.8. The highest BCUT2D eigenvalue weighted by Crippen LogP contribution is 2.33. The molecular weight excluding hydrogens is 609 g/mol. The Hall–Kier alpha value is -4.40. The molecule has 0 spiro atoms. The molecule has 230 valence electrons. The number of carbonyl (C=O) groups is 2. The van der Waals surface area contributed by atoms with E-state index < -0.39 is 0 Å². The molecule has 0 fully saturated rings. The second-order valence-electron chi connectivity index (χ2n) is 11.7. The van der Waals surface area contributed by atoms with E-state index in [1.165, 1.54) is 0 Å². The van der Waals surface area contributed by atoms with Gasteiger partial charge in [0.1, 0.15) is 0 Å². The first-order valence-corrected chi connectivity index (χ1v) is 15.6. The predicted octanol–water partition coefficient (Wildman–Crippen LogP) is 6.80. The fourth-order valence-electron chi connectivity index (χ4n) is 6.13. The number of rotatable bonds is 7. The van der Waals surface area contributed by atoms with Crippen molar-refractivity contribution in [1.29, 1.82) is 0 Å². The number of anilines is 1. The Labute approximate surface area is 271 Å². The van der Waals surface area contributed by atoms with E-state index in [4.69, 9.17) is 28.2 Å². The number of amides is 1. The maximum Gasteiger partial charge on any atom is 0.262 e. The number of fused-ring (bicyclic) bond motifs is 2. The van der Waals surface area contributed by atoms with Gasteiger partial charge in [-0.1, -0.05) is 42.3 Å². The molecule has 6 rings (SSSR count). The van der Waals surface area contributed by atoms with Crippen molar-refractivity contribution in [2.45, 2.75) is 32.7 Å². The minimum atomic E-state index is -0.380. The van der Waals surface area contributed by atoms with Gasteiger partial charge in [0.25, 0.3) is 11.5 Å². The van der Waals surface area contributed by atoms with Crippen LogP contribution in [0.5, 0.6) is 0 Å². The number of Topliss-reactive ketones (excluding diaryl/α,β-unsaturated/α-hetero) is 1. The summed E-state index contributed by atoms with van der Waals surface area (Å²) in [5.41, 5.74) is 4.65. The van der Waals surface area contributed by atoms with Crippen LogP contribution in [0.25, 0.3) is 16.6 Å².